The fourth-order valence-electron chi connectivity index (χ4n) is 1.64. The molecular formula is C12H15NO. The van der Waals surface area contributed by atoms with Crippen molar-refractivity contribution in [3.63, 3.8) is 0 Å². The van der Waals surface area contributed by atoms with Gasteiger partial charge in [0.05, 0.1) is 12.2 Å². The standard InChI is InChI=1S/C12H15NO/c1-10-4-2-3-5-12(10)14-11-6-8-13-9-7-11/h2-4,6,8-9,11-12H,5,7H2,1H3. The van der Waals surface area contributed by atoms with Crippen LogP contribution in [0.15, 0.2) is 41.1 Å². The number of hydrogen-bond acceptors (Lipinski definition) is 2. The van der Waals surface area contributed by atoms with Gasteiger partial charge in [-0.15, -0.1) is 0 Å². The summed E-state index contributed by atoms with van der Waals surface area (Å²) in [7, 11) is 0. The lowest BCUT2D eigenvalue weighted by atomic mass is 10.0. The molecule has 0 aromatic carbocycles. The second-order valence-corrected chi connectivity index (χ2v) is 3.65. The van der Waals surface area contributed by atoms with Gasteiger partial charge in [0.15, 0.2) is 0 Å². The van der Waals surface area contributed by atoms with Gasteiger partial charge in [0.2, 0.25) is 0 Å². The molecule has 0 saturated heterocycles. The van der Waals surface area contributed by atoms with Gasteiger partial charge < -0.3 is 4.74 Å². The van der Waals surface area contributed by atoms with Crippen molar-refractivity contribution < 1.29 is 4.74 Å². The fourth-order valence-corrected chi connectivity index (χ4v) is 1.64. The van der Waals surface area contributed by atoms with Crippen LogP contribution in [-0.4, -0.2) is 18.4 Å². The molecule has 2 unspecified atom stereocenters. The zero-order valence-corrected chi connectivity index (χ0v) is 8.39. The Balaban J connectivity index is 1.91. The van der Waals surface area contributed by atoms with Crippen LogP contribution >= 0.6 is 0 Å². The molecule has 74 valence electrons. The Morgan fingerprint density at radius 1 is 1.43 bits per heavy atom. The van der Waals surface area contributed by atoms with E-state index < -0.39 is 0 Å². The number of hydrogen-bond donors (Lipinski definition) is 0. The highest BCUT2D eigenvalue weighted by Gasteiger charge is 2.16. The SMILES string of the molecule is CC1=CC=CCC1OC1C=CN=CC1. The van der Waals surface area contributed by atoms with Gasteiger partial charge in [-0.3, -0.25) is 4.99 Å². The fraction of sp³-hybridized carbons (Fsp3) is 0.417. The molecule has 0 N–H and O–H groups in total. The summed E-state index contributed by atoms with van der Waals surface area (Å²) in [6.07, 6.45) is 14.4. The molecule has 0 spiro atoms. The molecule has 0 radical (unpaired) electrons. The van der Waals surface area contributed by atoms with Crippen molar-refractivity contribution >= 4 is 6.21 Å². The van der Waals surface area contributed by atoms with E-state index in [2.05, 4.69) is 30.1 Å². The molecule has 1 aliphatic carbocycles. The van der Waals surface area contributed by atoms with E-state index in [1.54, 1.807) is 0 Å². The van der Waals surface area contributed by atoms with Crippen molar-refractivity contribution in [1.82, 2.24) is 0 Å². The number of allylic oxidation sites excluding steroid dienone is 2. The molecule has 2 heteroatoms. The summed E-state index contributed by atoms with van der Waals surface area (Å²) in [5.41, 5.74) is 1.31. The van der Waals surface area contributed by atoms with E-state index in [0.29, 0.717) is 0 Å². The predicted octanol–water partition coefficient (Wildman–Crippen LogP) is 2.63. The van der Waals surface area contributed by atoms with E-state index in [9.17, 15) is 0 Å². The van der Waals surface area contributed by atoms with E-state index in [0.717, 1.165) is 12.8 Å². The van der Waals surface area contributed by atoms with Gasteiger partial charge in [-0.25, -0.2) is 0 Å². The Kier molecular flexibility index (Phi) is 2.94. The highest BCUT2D eigenvalue weighted by Crippen LogP contribution is 2.19. The van der Waals surface area contributed by atoms with Crippen LogP contribution in [0.4, 0.5) is 0 Å². The smallest absolute Gasteiger partial charge is 0.0831 e. The van der Waals surface area contributed by atoms with Gasteiger partial charge in [0.25, 0.3) is 0 Å². The lowest BCUT2D eigenvalue weighted by Crippen LogP contribution is -2.23. The van der Waals surface area contributed by atoms with Gasteiger partial charge in [-0.1, -0.05) is 18.2 Å². The minimum Gasteiger partial charge on any atom is -0.366 e. The van der Waals surface area contributed by atoms with E-state index in [-0.39, 0.29) is 12.2 Å². The monoisotopic (exact) mass is 189 g/mol. The van der Waals surface area contributed by atoms with Crippen molar-refractivity contribution in [3.8, 4) is 0 Å². The molecule has 2 atom stereocenters. The van der Waals surface area contributed by atoms with Crippen LogP contribution in [0.2, 0.25) is 0 Å². The highest BCUT2D eigenvalue weighted by molar-refractivity contribution is 5.60. The molecule has 0 fully saturated rings. The van der Waals surface area contributed by atoms with E-state index in [1.807, 2.05) is 18.5 Å². The van der Waals surface area contributed by atoms with E-state index in [4.69, 9.17) is 4.74 Å². The van der Waals surface area contributed by atoms with Crippen LogP contribution in [0.5, 0.6) is 0 Å². The first kappa shape index (κ1) is 9.41. The van der Waals surface area contributed by atoms with E-state index >= 15 is 0 Å². The van der Waals surface area contributed by atoms with Crippen LogP contribution in [0.3, 0.4) is 0 Å². The number of rotatable bonds is 2. The Morgan fingerprint density at radius 2 is 2.36 bits per heavy atom. The van der Waals surface area contributed by atoms with Gasteiger partial charge >= 0.3 is 0 Å². The third-order valence-corrected chi connectivity index (χ3v) is 2.52. The van der Waals surface area contributed by atoms with Gasteiger partial charge in [0.1, 0.15) is 0 Å². The summed E-state index contributed by atoms with van der Waals surface area (Å²) < 4.78 is 5.95. The summed E-state index contributed by atoms with van der Waals surface area (Å²) in [6, 6.07) is 0. The Morgan fingerprint density at radius 3 is 3.07 bits per heavy atom. The molecule has 14 heavy (non-hydrogen) atoms. The van der Waals surface area contributed by atoms with Crippen LogP contribution in [0.25, 0.3) is 0 Å². The van der Waals surface area contributed by atoms with Crippen molar-refractivity contribution in [2.24, 2.45) is 4.99 Å². The molecular weight excluding hydrogens is 174 g/mol. The van der Waals surface area contributed by atoms with Crippen LogP contribution in [-0.2, 0) is 4.74 Å². The number of nitrogens with zero attached hydrogens (tertiary/aromatic N) is 1. The van der Waals surface area contributed by atoms with Crippen molar-refractivity contribution in [2.45, 2.75) is 32.0 Å². The average molecular weight is 189 g/mol. The summed E-state index contributed by atoms with van der Waals surface area (Å²) in [5.74, 6) is 0. The summed E-state index contributed by atoms with van der Waals surface area (Å²) >= 11 is 0. The summed E-state index contributed by atoms with van der Waals surface area (Å²) in [5, 5.41) is 0. The van der Waals surface area contributed by atoms with Crippen molar-refractivity contribution in [3.05, 3.63) is 36.1 Å². The van der Waals surface area contributed by atoms with Crippen LogP contribution < -0.4 is 0 Å². The largest absolute Gasteiger partial charge is 0.366 e. The minimum absolute atomic E-state index is 0.201. The first-order valence-corrected chi connectivity index (χ1v) is 5.03. The normalized spacial score (nSPS) is 30.5. The topological polar surface area (TPSA) is 21.6 Å². The quantitative estimate of drug-likeness (QED) is 0.654. The van der Waals surface area contributed by atoms with E-state index in [1.165, 1.54) is 5.57 Å². The minimum atomic E-state index is 0.201. The first-order chi connectivity index (χ1) is 6.86. The molecule has 1 heterocycles. The Bertz CT molecular complexity index is 312. The molecule has 0 saturated carbocycles. The van der Waals surface area contributed by atoms with Gasteiger partial charge in [0, 0.05) is 18.8 Å². The molecule has 0 aromatic rings. The number of ether oxygens (including phenoxy) is 1. The molecule has 0 bridgehead atoms. The third-order valence-electron chi connectivity index (χ3n) is 2.52. The second-order valence-electron chi connectivity index (χ2n) is 3.65. The molecule has 2 nitrogen and oxygen atoms in total. The predicted molar refractivity (Wildman–Crippen MR) is 58.4 cm³/mol. The summed E-state index contributed by atoms with van der Waals surface area (Å²) in [4.78, 5) is 4.03. The lowest BCUT2D eigenvalue weighted by Gasteiger charge is -2.24. The maximum absolute atomic E-state index is 5.95. The molecule has 0 amide bonds. The highest BCUT2D eigenvalue weighted by atomic mass is 16.5. The zero-order valence-electron chi connectivity index (χ0n) is 8.39. The maximum Gasteiger partial charge on any atom is 0.0831 e. The first-order valence-electron chi connectivity index (χ1n) is 5.03. The average Bonchev–Trinajstić information content (AvgIpc) is 2.23. The maximum atomic E-state index is 5.95. The van der Waals surface area contributed by atoms with Crippen LogP contribution in [0, 0.1) is 0 Å². The Hall–Kier alpha value is -1.15. The summed E-state index contributed by atoms with van der Waals surface area (Å²) in [6.45, 7) is 2.12. The van der Waals surface area contributed by atoms with Gasteiger partial charge in [-0.05, 0) is 25.0 Å². The zero-order chi connectivity index (χ0) is 9.80. The lowest BCUT2D eigenvalue weighted by molar-refractivity contribution is 0.0397. The van der Waals surface area contributed by atoms with Crippen molar-refractivity contribution in [2.75, 3.05) is 0 Å². The molecule has 1 aliphatic heterocycles. The van der Waals surface area contributed by atoms with Crippen molar-refractivity contribution in [1.29, 1.82) is 0 Å². The molecule has 2 rings (SSSR count). The molecule has 0 aromatic heterocycles. The molecule has 2 aliphatic rings. The third kappa shape index (κ3) is 2.20. The van der Waals surface area contributed by atoms with Gasteiger partial charge in [-0.2, -0.15) is 0 Å². The second kappa shape index (κ2) is 4.38. The number of aliphatic imine (C=N–C) groups is 1. The Labute approximate surface area is 84.7 Å². The van der Waals surface area contributed by atoms with Crippen LogP contribution in [0.1, 0.15) is 19.8 Å².